The Morgan fingerprint density at radius 3 is 2.77 bits per heavy atom. The van der Waals surface area contributed by atoms with Crippen molar-refractivity contribution >= 4 is 22.7 Å². The number of likely N-dealkylation sites (N-methyl/N-ethyl adjacent to an activating group) is 1. The van der Waals surface area contributed by atoms with E-state index >= 15 is 0 Å². The van der Waals surface area contributed by atoms with E-state index in [1.807, 2.05) is 24.3 Å². The van der Waals surface area contributed by atoms with Crippen LogP contribution in [0.3, 0.4) is 0 Å². The molecule has 1 saturated heterocycles. The molecule has 0 aliphatic carbocycles. The second kappa shape index (κ2) is 9.20. The van der Waals surface area contributed by atoms with Crippen LogP contribution in [0.5, 0.6) is 0 Å². The molecule has 1 fully saturated rings. The summed E-state index contributed by atoms with van der Waals surface area (Å²) < 4.78 is 5.94. The lowest BCUT2D eigenvalue weighted by Crippen LogP contribution is -2.42. The summed E-state index contributed by atoms with van der Waals surface area (Å²) in [5.41, 5.74) is 2.36. The maximum absolute atomic E-state index is 13.0. The maximum atomic E-state index is 13.0. The van der Waals surface area contributed by atoms with Gasteiger partial charge in [-0.05, 0) is 24.3 Å². The maximum Gasteiger partial charge on any atom is 0.254 e. The third kappa shape index (κ3) is 4.40. The summed E-state index contributed by atoms with van der Waals surface area (Å²) in [5.74, 6) is -0.287. The molecule has 4 rings (SSSR count). The van der Waals surface area contributed by atoms with Crippen LogP contribution < -0.4 is 0 Å². The molecule has 0 unspecified atom stereocenters. The van der Waals surface area contributed by atoms with Crippen molar-refractivity contribution in [2.45, 2.75) is 6.10 Å². The van der Waals surface area contributed by atoms with E-state index in [4.69, 9.17) is 9.72 Å². The van der Waals surface area contributed by atoms with Crippen LogP contribution >= 0.6 is 0 Å². The fourth-order valence-electron chi connectivity index (χ4n) is 3.68. The van der Waals surface area contributed by atoms with Crippen molar-refractivity contribution in [1.29, 1.82) is 0 Å². The van der Waals surface area contributed by atoms with Crippen LogP contribution in [0.15, 0.2) is 54.9 Å². The van der Waals surface area contributed by atoms with E-state index in [1.54, 1.807) is 42.5 Å². The van der Waals surface area contributed by atoms with E-state index in [-0.39, 0.29) is 25.0 Å². The molecule has 0 bridgehead atoms. The molecule has 0 saturated carbocycles. The Labute approximate surface area is 180 Å². The van der Waals surface area contributed by atoms with Gasteiger partial charge in [0.15, 0.2) is 0 Å². The molecule has 3 aromatic rings. The minimum absolute atomic E-state index is 0.0875. The zero-order valence-electron chi connectivity index (χ0n) is 17.3. The Morgan fingerprint density at radius 1 is 1.23 bits per heavy atom. The van der Waals surface area contributed by atoms with Crippen molar-refractivity contribution in [3.05, 3.63) is 71.7 Å². The molecule has 1 aliphatic heterocycles. The lowest BCUT2D eigenvalue weighted by molar-refractivity contribution is -0.0246. The van der Waals surface area contributed by atoms with Gasteiger partial charge in [0, 0.05) is 43.5 Å². The molecule has 8 heteroatoms. The number of ether oxygens (including phenoxy) is 1. The number of aromatic nitrogens is 2. The van der Waals surface area contributed by atoms with Crippen molar-refractivity contribution in [2.75, 3.05) is 39.9 Å². The van der Waals surface area contributed by atoms with Crippen molar-refractivity contribution in [3.8, 4) is 0 Å². The Balaban J connectivity index is 1.66. The minimum atomic E-state index is -0.446. The summed E-state index contributed by atoms with van der Waals surface area (Å²) in [5, 5.41) is 9.95. The second-order valence-corrected chi connectivity index (χ2v) is 7.41. The van der Waals surface area contributed by atoms with Crippen LogP contribution in [0, 0.1) is 0 Å². The van der Waals surface area contributed by atoms with Gasteiger partial charge in [-0.15, -0.1) is 0 Å². The molecule has 1 aliphatic rings. The molecular weight excluding hydrogens is 396 g/mol. The van der Waals surface area contributed by atoms with Crippen LogP contribution in [0.1, 0.15) is 32.5 Å². The fourth-order valence-corrected chi connectivity index (χ4v) is 3.68. The van der Waals surface area contributed by atoms with Gasteiger partial charge in [0.1, 0.15) is 6.10 Å². The first kappa shape index (κ1) is 20.9. The van der Waals surface area contributed by atoms with Gasteiger partial charge >= 0.3 is 0 Å². The smallest absolute Gasteiger partial charge is 0.254 e. The molecule has 1 atom stereocenters. The molecule has 8 nitrogen and oxygen atoms in total. The number of aliphatic hydroxyl groups excluding tert-OH is 1. The van der Waals surface area contributed by atoms with E-state index in [9.17, 15) is 14.7 Å². The molecule has 2 amide bonds. The highest BCUT2D eigenvalue weighted by Gasteiger charge is 2.28. The van der Waals surface area contributed by atoms with E-state index in [0.29, 0.717) is 42.0 Å². The summed E-state index contributed by atoms with van der Waals surface area (Å²) >= 11 is 0. The van der Waals surface area contributed by atoms with Gasteiger partial charge in [0.05, 0.1) is 36.5 Å². The Hall–Kier alpha value is -3.36. The Bertz CT molecular complexity index is 1090. The lowest BCUT2D eigenvalue weighted by Gasteiger charge is -2.33. The van der Waals surface area contributed by atoms with Crippen molar-refractivity contribution in [2.24, 2.45) is 0 Å². The Morgan fingerprint density at radius 2 is 2.00 bits per heavy atom. The first-order chi connectivity index (χ1) is 15.1. The molecule has 2 aromatic heterocycles. The van der Waals surface area contributed by atoms with Gasteiger partial charge in [-0.25, -0.2) is 4.98 Å². The number of hydrogen-bond donors (Lipinski definition) is 1. The summed E-state index contributed by atoms with van der Waals surface area (Å²) in [6, 6.07) is 12.6. The van der Waals surface area contributed by atoms with Crippen LogP contribution in [-0.4, -0.2) is 76.6 Å². The van der Waals surface area contributed by atoms with E-state index in [2.05, 4.69) is 4.98 Å². The number of para-hydroxylation sites is 1. The van der Waals surface area contributed by atoms with Crippen LogP contribution in [0.25, 0.3) is 10.9 Å². The first-order valence-corrected chi connectivity index (χ1v) is 10.2. The predicted molar refractivity (Wildman–Crippen MR) is 115 cm³/mol. The van der Waals surface area contributed by atoms with E-state index < -0.39 is 6.10 Å². The highest BCUT2D eigenvalue weighted by molar-refractivity contribution is 6.06. The number of amides is 2. The van der Waals surface area contributed by atoms with Crippen molar-refractivity contribution < 1.29 is 19.4 Å². The lowest BCUT2D eigenvalue weighted by atomic mass is 10.0. The third-order valence-corrected chi connectivity index (χ3v) is 5.36. The average Bonchev–Trinajstić information content (AvgIpc) is 2.83. The number of fused-ring (bicyclic) bond motifs is 1. The minimum Gasteiger partial charge on any atom is -0.395 e. The van der Waals surface area contributed by atoms with E-state index in [0.717, 1.165) is 5.39 Å². The van der Waals surface area contributed by atoms with Gasteiger partial charge in [0.25, 0.3) is 11.8 Å². The van der Waals surface area contributed by atoms with Crippen molar-refractivity contribution in [3.63, 3.8) is 0 Å². The van der Waals surface area contributed by atoms with Gasteiger partial charge in [-0.1, -0.05) is 18.2 Å². The topological polar surface area (TPSA) is 95.9 Å². The van der Waals surface area contributed by atoms with Gasteiger partial charge in [0.2, 0.25) is 0 Å². The number of aliphatic hydroxyl groups is 1. The Kier molecular flexibility index (Phi) is 6.20. The summed E-state index contributed by atoms with van der Waals surface area (Å²) in [6.45, 7) is 1.32. The number of hydrogen-bond acceptors (Lipinski definition) is 6. The molecule has 31 heavy (non-hydrogen) atoms. The van der Waals surface area contributed by atoms with Gasteiger partial charge in [-0.3, -0.25) is 14.6 Å². The average molecular weight is 420 g/mol. The first-order valence-electron chi connectivity index (χ1n) is 10.2. The largest absolute Gasteiger partial charge is 0.395 e. The zero-order chi connectivity index (χ0) is 21.8. The number of nitrogens with zero attached hydrogens (tertiary/aromatic N) is 4. The SMILES string of the molecule is CN(CCO)C(=O)c1cc([C@H]2CN(C(=O)c3ccncc3)CCO2)nc2ccccc12. The molecule has 1 N–H and O–H groups in total. The quantitative estimate of drug-likeness (QED) is 0.677. The van der Waals surface area contributed by atoms with Crippen LogP contribution in [0.4, 0.5) is 0 Å². The number of carbonyl (C=O) groups is 2. The molecule has 1 aromatic carbocycles. The zero-order valence-corrected chi connectivity index (χ0v) is 17.3. The molecule has 160 valence electrons. The number of rotatable bonds is 5. The monoisotopic (exact) mass is 420 g/mol. The molecule has 0 spiro atoms. The highest BCUT2D eigenvalue weighted by Crippen LogP contribution is 2.27. The molecule has 0 radical (unpaired) electrons. The van der Waals surface area contributed by atoms with Gasteiger partial charge in [-0.2, -0.15) is 0 Å². The van der Waals surface area contributed by atoms with Crippen LogP contribution in [-0.2, 0) is 4.74 Å². The number of carbonyl (C=O) groups excluding carboxylic acids is 2. The summed E-state index contributed by atoms with van der Waals surface area (Å²) in [4.78, 5) is 37.8. The summed E-state index contributed by atoms with van der Waals surface area (Å²) in [7, 11) is 1.65. The standard InChI is InChI=1S/C23H24N4O4/c1-26(10-12-28)23(30)18-14-20(25-19-5-3-2-4-17(18)19)21-15-27(11-13-31-21)22(29)16-6-8-24-9-7-16/h2-9,14,21,28H,10-13,15H2,1H3/t21-/m1/s1. The number of morpholine rings is 1. The molecular formula is C23H24N4O4. The highest BCUT2D eigenvalue weighted by atomic mass is 16.5. The number of benzene rings is 1. The third-order valence-electron chi connectivity index (χ3n) is 5.36. The molecule has 3 heterocycles. The summed E-state index contributed by atoms with van der Waals surface area (Å²) in [6.07, 6.45) is 2.74. The van der Waals surface area contributed by atoms with Crippen LogP contribution in [0.2, 0.25) is 0 Å². The van der Waals surface area contributed by atoms with E-state index in [1.165, 1.54) is 4.90 Å². The number of pyridine rings is 2. The predicted octanol–water partition coefficient (Wildman–Crippen LogP) is 1.91. The normalized spacial score (nSPS) is 16.3. The van der Waals surface area contributed by atoms with Crippen molar-refractivity contribution in [1.82, 2.24) is 19.8 Å². The second-order valence-electron chi connectivity index (χ2n) is 7.41. The fraction of sp³-hybridized carbons (Fsp3) is 0.304. The van der Waals surface area contributed by atoms with Gasteiger partial charge < -0.3 is 19.6 Å².